The van der Waals surface area contributed by atoms with Gasteiger partial charge in [-0.15, -0.1) is 0 Å². The zero-order valence-electron chi connectivity index (χ0n) is 11.7. The van der Waals surface area contributed by atoms with Crippen LogP contribution < -0.4 is 10.6 Å². The molecule has 0 amide bonds. The minimum Gasteiger partial charge on any atom is -0.354 e. The van der Waals surface area contributed by atoms with Gasteiger partial charge in [0.2, 0.25) is 17.2 Å². The van der Waals surface area contributed by atoms with Crippen molar-refractivity contribution in [3.63, 3.8) is 0 Å². The van der Waals surface area contributed by atoms with Crippen LogP contribution in [-0.2, 0) is 6.42 Å². The molecule has 5 nitrogen and oxygen atoms in total. The maximum absolute atomic E-state index is 5.91. The zero-order chi connectivity index (χ0) is 14.4. The maximum Gasteiger partial charge on any atom is 0.233 e. The number of aryl methyl sites for hydroxylation is 1. The second-order valence-electron chi connectivity index (χ2n) is 4.31. The minimum atomic E-state index is 0.173. The summed E-state index contributed by atoms with van der Waals surface area (Å²) in [7, 11) is 0. The fourth-order valence-electron chi connectivity index (χ4n) is 1.89. The topological polar surface area (TPSA) is 62.7 Å². The van der Waals surface area contributed by atoms with Gasteiger partial charge in [-0.05, 0) is 36.6 Å². The van der Waals surface area contributed by atoms with Gasteiger partial charge in [-0.25, -0.2) is 0 Å². The Balaban J connectivity index is 2.25. The monoisotopic (exact) mass is 291 g/mol. The van der Waals surface area contributed by atoms with Crippen LogP contribution in [0.25, 0.3) is 0 Å². The number of nitrogens with zero attached hydrogens (tertiary/aromatic N) is 3. The van der Waals surface area contributed by atoms with Crippen LogP contribution in [0.4, 0.5) is 17.6 Å². The molecule has 106 valence electrons. The molecule has 0 atom stereocenters. The van der Waals surface area contributed by atoms with E-state index in [1.54, 1.807) is 0 Å². The Morgan fingerprint density at radius 2 is 1.80 bits per heavy atom. The first kappa shape index (κ1) is 14.5. The van der Waals surface area contributed by atoms with E-state index in [4.69, 9.17) is 11.6 Å². The van der Waals surface area contributed by atoms with Crippen molar-refractivity contribution < 1.29 is 0 Å². The molecule has 0 saturated carbocycles. The molecule has 2 N–H and O–H groups in total. The Morgan fingerprint density at radius 3 is 2.55 bits per heavy atom. The first-order valence-electron chi connectivity index (χ1n) is 6.73. The van der Waals surface area contributed by atoms with Crippen molar-refractivity contribution in [3.8, 4) is 0 Å². The van der Waals surface area contributed by atoms with Crippen LogP contribution in [0, 0.1) is 0 Å². The quantitative estimate of drug-likeness (QED) is 0.850. The number of rotatable bonds is 6. The first-order valence-corrected chi connectivity index (χ1v) is 7.11. The molecule has 6 heteroatoms. The van der Waals surface area contributed by atoms with Crippen molar-refractivity contribution in [2.45, 2.75) is 26.7 Å². The number of hydrogen-bond acceptors (Lipinski definition) is 5. The van der Waals surface area contributed by atoms with Crippen molar-refractivity contribution in [2.75, 3.05) is 17.2 Å². The van der Waals surface area contributed by atoms with Crippen LogP contribution in [0.5, 0.6) is 0 Å². The zero-order valence-corrected chi connectivity index (χ0v) is 12.4. The van der Waals surface area contributed by atoms with E-state index in [0.717, 1.165) is 25.1 Å². The van der Waals surface area contributed by atoms with Crippen molar-refractivity contribution in [2.24, 2.45) is 0 Å². The van der Waals surface area contributed by atoms with Gasteiger partial charge in [0.25, 0.3) is 0 Å². The van der Waals surface area contributed by atoms with Gasteiger partial charge in [-0.1, -0.05) is 31.5 Å². The number of nitrogens with one attached hydrogen (secondary N) is 2. The third-order valence-corrected chi connectivity index (χ3v) is 2.90. The predicted molar refractivity (Wildman–Crippen MR) is 82.7 cm³/mol. The molecule has 1 aromatic heterocycles. The van der Waals surface area contributed by atoms with Crippen molar-refractivity contribution in [3.05, 3.63) is 35.1 Å². The van der Waals surface area contributed by atoms with E-state index in [-0.39, 0.29) is 5.28 Å². The standard InChI is InChI=1S/C14H18ClN5/c1-3-7-10-8-5-6-9-11(10)17-14-19-12(15)18-13(20-14)16-4-2/h5-6,8-9H,3-4,7H2,1-2H3,(H2,16,17,18,19,20). The average molecular weight is 292 g/mol. The minimum absolute atomic E-state index is 0.173. The molecule has 2 aromatic rings. The highest BCUT2D eigenvalue weighted by atomic mass is 35.5. The van der Waals surface area contributed by atoms with E-state index in [1.807, 2.05) is 25.1 Å². The van der Waals surface area contributed by atoms with E-state index in [1.165, 1.54) is 5.56 Å². The highest BCUT2D eigenvalue weighted by Crippen LogP contribution is 2.21. The Hall–Kier alpha value is -1.88. The summed E-state index contributed by atoms with van der Waals surface area (Å²) in [5.74, 6) is 0.924. The number of aromatic nitrogens is 3. The van der Waals surface area contributed by atoms with E-state index >= 15 is 0 Å². The summed E-state index contributed by atoms with van der Waals surface area (Å²) in [6.45, 7) is 4.85. The molecule has 0 aliphatic heterocycles. The molecular weight excluding hydrogens is 274 g/mol. The number of anilines is 3. The van der Waals surface area contributed by atoms with Gasteiger partial charge >= 0.3 is 0 Å². The molecule has 2 rings (SSSR count). The number of benzene rings is 1. The van der Waals surface area contributed by atoms with E-state index in [2.05, 4.69) is 38.6 Å². The van der Waals surface area contributed by atoms with Gasteiger partial charge in [0.1, 0.15) is 0 Å². The van der Waals surface area contributed by atoms with E-state index in [0.29, 0.717) is 11.9 Å². The normalized spacial score (nSPS) is 10.3. The molecule has 0 unspecified atom stereocenters. The smallest absolute Gasteiger partial charge is 0.233 e. The maximum atomic E-state index is 5.91. The summed E-state index contributed by atoms with van der Waals surface area (Å²) in [6, 6.07) is 8.12. The van der Waals surface area contributed by atoms with Crippen molar-refractivity contribution >= 4 is 29.2 Å². The Morgan fingerprint density at radius 1 is 1.05 bits per heavy atom. The molecule has 20 heavy (non-hydrogen) atoms. The first-order chi connectivity index (χ1) is 9.72. The van der Waals surface area contributed by atoms with Crippen LogP contribution in [0.2, 0.25) is 5.28 Å². The van der Waals surface area contributed by atoms with Gasteiger partial charge in [0, 0.05) is 12.2 Å². The van der Waals surface area contributed by atoms with Crippen LogP contribution in [0.3, 0.4) is 0 Å². The predicted octanol–water partition coefficient (Wildman–Crippen LogP) is 3.65. The summed E-state index contributed by atoms with van der Waals surface area (Å²) in [5.41, 5.74) is 2.23. The third-order valence-electron chi connectivity index (χ3n) is 2.73. The van der Waals surface area contributed by atoms with E-state index < -0.39 is 0 Å². The average Bonchev–Trinajstić information content (AvgIpc) is 2.41. The molecule has 0 spiro atoms. The highest BCUT2D eigenvalue weighted by molar-refractivity contribution is 6.28. The molecule has 0 aliphatic carbocycles. The number of hydrogen-bond donors (Lipinski definition) is 2. The summed E-state index contributed by atoms with van der Waals surface area (Å²) in [4.78, 5) is 12.4. The van der Waals surface area contributed by atoms with Crippen LogP contribution in [0.15, 0.2) is 24.3 Å². The fraction of sp³-hybridized carbons (Fsp3) is 0.357. The molecule has 0 bridgehead atoms. The van der Waals surface area contributed by atoms with Crippen LogP contribution in [0.1, 0.15) is 25.8 Å². The third kappa shape index (κ3) is 3.81. The lowest BCUT2D eigenvalue weighted by atomic mass is 10.1. The summed E-state index contributed by atoms with van der Waals surface area (Å²) >= 11 is 5.91. The Labute approximate surface area is 123 Å². The van der Waals surface area contributed by atoms with Gasteiger partial charge in [0.05, 0.1) is 0 Å². The number of para-hydroxylation sites is 1. The van der Waals surface area contributed by atoms with E-state index in [9.17, 15) is 0 Å². The molecule has 1 heterocycles. The molecule has 0 saturated heterocycles. The summed E-state index contributed by atoms with van der Waals surface area (Å²) in [5, 5.41) is 6.41. The fourth-order valence-corrected chi connectivity index (χ4v) is 2.05. The second kappa shape index (κ2) is 7.05. The molecule has 0 radical (unpaired) electrons. The second-order valence-corrected chi connectivity index (χ2v) is 4.65. The molecule has 1 aromatic carbocycles. The Bertz CT molecular complexity index is 573. The molecule has 0 aliphatic rings. The lowest BCUT2D eigenvalue weighted by molar-refractivity contribution is 0.922. The SMILES string of the molecule is CCCc1ccccc1Nc1nc(Cl)nc(NCC)n1. The molecular formula is C14H18ClN5. The summed E-state index contributed by atoms with van der Waals surface area (Å²) < 4.78 is 0. The van der Waals surface area contributed by atoms with Gasteiger partial charge in [-0.2, -0.15) is 15.0 Å². The van der Waals surface area contributed by atoms with Crippen LogP contribution >= 0.6 is 11.6 Å². The van der Waals surface area contributed by atoms with Gasteiger partial charge in [0.15, 0.2) is 0 Å². The van der Waals surface area contributed by atoms with Crippen LogP contribution in [-0.4, -0.2) is 21.5 Å². The lowest BCUT2D eigenvalue weighted by Crippen LogP contribution is -2.07. The largest absolute Gasteiger partial charge is 0.354 e. The molecule has 0 fully saturated rings. The Kier molecular flexibility index (Phi) is 5.12. The lowest BCUT2D eigenvalue weighted by Gasteiger charge is -2.11. The van der Waals surface area contributed by atoms with Gasteiger partial charge < -0.3 is 10.6 Å². The van der Waals surface area contributed by atoms with Crippen molar-refractivity contribution in [1.82, 2.24) is 15.0 Å². The van der Waals surface area contributed by atoms with Crippen molar-refractivity contribution in [1.29, 1.82) is 0 Å². The highest BCUT2D eigenvalue weighted by Gasteiger charge is 2.07. The van der Waals surface area contributed by atoms with Gasteiger partial charge in [-0.3, -0.25) is 0 Å². The summed E-state index contributed by atoms with van der Waals surface area (Å²) in [6.07, 6.45) is 2.08. The number of halogens is 1.